The first-order valence-electron chi connectivity index (χ1n) is 9.54. The van der Waals surface area contributed by atoms with E-state index in [0.29, 0.717) is 18.3 Å². The number of hydrogen-bond donors (Lipinski definition) is 2. The minimum absolute atomic E-state index is 0.0797. The van der Waals surface area contributed by atoms with Crippen molar-refractivity contribution in [3.63, 3.8) is 0 Å². The summed E-state index contributed by atoms with van der Waals surface area (Å²) in [5.74, 6) is -0.0797. The van der Waals surface area contributed by atoms with Gasteiger partial charge in [-0.2, -0.15) is 5.10 Å². The Morgan fingerprint density at radius 2 is 2.15 bits per heavy atom. The molecule has 140 valence electrons. The topological polar surface area (TPSA) is 62.2 Å². The predicted octanol–water partition coefficient (Wildman–Crippen LogP) is 2.45. The van der Waals surface area contributed by atoms with Crippen LogP contribution in [0.1, 0.15) is 42.2 Å². The first-order valence-corrected chi connectivity index (χ1v) is 9.54. The molecule has 1 aromatic heterocycles. The molecule has 1 fully saturated rings. The fraction of sp³-hybridized carbons (Fsp3) is 0.500. The monoisotopic (exact) mass is 355 g/mol. The molecule has 0 aliphatic carbocycles. The van der Waals surface area contributed by atoms with E-state index in [-0.39, 0.29) is 5.91 Å². The Kier molecular flexibility index (Phi) is 6.66. The lowest BCUT2D eigenvalue weighted by atomic mass is 10.1. The largest absolute Gasteiger partial charge is 0.375 e. The van der Waals surface area contributed by atoms with Gasteiger partial charge in [-0.05, 0) is 50.4 Å². The van der Waals surface area contributed by atoms with Gasteiger partial charge in [-0.25, -0.2) is 0 Å². The standard InChI is InChI=1S/C20H29N5O/c1-24(17-8-3-2-4-9-17)14-6-5-13-22-20(26)19-11-15-25(23-19)18-10-7-12-21-16-18/h2-4,8-9,11,15,18,21H,5-7,10,12-14,16H2,1H3,(H,22,26). The van der Waals surface area contributed by atoms with Gasteiger partial charge in [0.2, 0.25) is 0 Å². The first kappa shape index (κ1) is 18.5. The van der Waals surface area contributed by atoms with E-state index in [2.05, 4.69) is 51.9 Å². The number of amides is 1. The highest BCUT2D eigenvalue weighted by molar-refractivity contribution is 5.92. The van der Waals surface area contributed by atoms with E-state index in [1.807, 2.05) is 23.0 Å². The van der Waals surface area contributed by atoms with Gasteiger partial charge >= 0.3 is 0 Å². The number of carbonyl (C=O) groups excluding carboxylic acids is 1. The second kappa shape index (κ2) is 9.38. The Bertz CT molecular complexity index is 679. The first-order chi connectivity index (χ1) is 12.7. The molecule has 1 saturated heterocycles. The summed E-state index contributed by atoms with van der Waals surface area (Å²) >= 11 is 0. The second-order valence-corrected chi connectivity index (χ2v) is 6.90. The molecule has 1 amide bonds. The molecule has 26 heavy (non-hydrogen) atoms. The van der Waals surface area contributed by atoms with Crippen molar-refractivity contribution in [1.29, 1.82) is 0 Å². The maximum Gasteiger partial charge on any atom is 0.271 e. The van der Waals surface area contributed by atoms with Gasteiger partial charge in [0, 0.05) is 38.6 Å². The molecule has 3 rings (SSSR count). The molecule has 2 heterocycles. The molecule has 1 unspecified atom stereocenters. The molecule has 6 heteroatoms. The van der Waals surface area contributed by atoms with Crippen molar-refractivity contribution in [1.82, 2.24) is 20.4 Å². The summed E-state index contributed by atoms with van der Waals surface area (Å²) in [4.78, 5) is 14.5. The number of nitrogens with zero attached hydrogens (tertiary/aromatic N) is 3. The lowest BCUT2D eigenvalue weighted by Gasteiger charge is -2.22. The van der Waals surface area contributed by atoms with E-state index >= 15 is 0 Å². The van der Waals surface area contributed by atoms with Crippen molar-refractivity contribution in [2.75, 3.05) is 38.1 Å². The molecule has 1 aliphatic heterocycles. The number of carbonyl (C=O) groups is 1. The average molecular weight is 355 g/mol. The van der Waals surface area contributed by atoms with Crippen LogP contribution in [0, 0.1) is 0 Å². The molecular weight excluding hydrogens is 326 g/mol. The molecule has 0 saturated carbocycles. The molecule has 0 bridgehead atoms. The van der Waals surface area contributed by atoms with Crippen LogP contribution in [0.5, 0.6) is 0 Å². The van der Waals surface area contributed by atoms with E-state index in [1.165, 1.54) is 5.69 Å². The highest BCUT2D eigenvalue weighted by atomic mass is 16.1. The van der Waals surface area contributed by atoms with Crippen molar-refractivity contribution in [3.8, 4) is 0 Å². The van der Waals surface area contributed by atoms with Crippen molar-refractivity contribution in [2.24, 2.45) is 0 Å². The Hall–Kier alpha value is -2.34. The van der Waals surface area contributed by atoms with Crippen molar-refractivity contribution >= 4 is 11.6 Å². The van der Waals surface area contributed by atoms with Crippen LogP contribution in [0.2, 0.25) is 0 Å². The zero-order valence-electron chi connectivity index (χ0n) is 15.5. The summed E-state index contributed by atoms with van der Waals surface area (Å²) in [6.45, 7) is 3.66. The Morgan fingerprint density at radius 3 is 2.92 bits per heavy atom. The van der Waals surface area contributed by atoms with Crippen LogP contribution >= 0.6 is 0 Å². The summed E-state index contributed by atoms with van der Waals surface area (Å²) in [6.07, 6.45) is 6.18. The fourth-order valence-corrected chi connectivity index (χ4v) is 3.30. The van der Waals surface area contributed by atoms with Crippen LogP contribution in [0.25, 0.3) is 0 Å². The van der Waals surface area contributed by atoms with Gasteiger partial charge in [-0.15, -0.1) is 0 Å². The van der Waals surface area contributed by atoms with Crippen molar-refractivity contribution in [3.05, 3.63) is 48.3 Å². The van der Waals surface area contributed by atoms with E-state index in [9.17, 15) is 4.79 Å². The normalized spacial score (nSPS) is 17.0. The van der Waals surface area contributed by atoms with Crippen LogP contribution < -0.4 is 15.5 Å². The van der Waals surface area contributed by atoms with Crippen LogP contribution in [0.15, 0.2) is 42.6 Å². The van der Waals surface area contributed by atoms with Gasteiger partial charge in [0.15, 0.2) is 0 Å². The quantitative estimate of drug-likeness (QED) is 0.714. The molecule has 6 nitrogen and oxygen atoms in total. The number of hydrogen-bond acceptors (Lipinski definition) is 4. The number of nitrogens with one attached hydrogen (secondary N) is 2. The molecule has 2 N–H and O–H groups in total. The lowest BCUT2D eigenvalue weighted by Crippen LogP contribution is -2.32. The minimum atomic E-state index is -0.0797. The molecular formula is C20H29N5O. The summed E-state index contributed by atoms with van der Waals surface area (Å²) in [6, 6.07) is 12.5. The van der Waals surface area contributed by atoms with E-state index < -0.39 is 0 Å². The lowest BCUT2D eigenvalue weighted by molar-refractivity contribution is 0.0946. The zero-order chi connectivity index (χ0) is 18.2. The number of piperidine rings is 1. The number of benzene rings is 1. The Balaban J connectivity index is 1.36. The van der Waals surface area contributed by atoms with Crippen molar-refractivity contribution < 1.29 is 4.79 Å². The smallest absolute Gasteiger partial charge is 0.271 e. The molecule has 0 radical (unpaired) electrons. The number of unbranched alkanes of at least 4 members (excludes halogenated alkanes) is 1. The molecule has 0 spiro atoms. The Labute approximate surface area is 155 Å². The van der Waals surface area contributed by atoms with Gasteiger partial charge < -0.3 is 15.5 Å². The number of aromatic nitrogens is 2. The summed E-state index contributed by atoms with van der Waals surface area (Å²) in [5.41, 5.74) is 1.73. The predicted molar refractivity (Wildman–Crippen MR) is 105 cm³/mol. The zero-order valence-corrected chi connectivity index (χ0v) is 15.5. The maximum absolute atomic E-state index is 12.2. The summed E-state index contributed by atoms with van der Waals surface area (Å²) in [5, 5.41) is 10.8. The molecule has 1 aliphatic rings. The second-order valence-electron chi connectivity index (χ2n) is 6.90. The van der Waals surface area contributed by atoms with Crippen LogP contribution in [-0.4, -0.2) is 48.9 Å². The molecule has 1 aromatic carbocycles. The van der Waals surface area contributed by atoms with E-state index in [1.54, 1.807) is 0 Å². The van der Waals surface area contributed by atoms with Gasteiger partial charge in [0.1, 0.15) is 5.69 Å². The van der Waals surface area contributed by atoms with Gasteiger partial charge in [-0.1, -0.05) is 18.2 Å². The highest BCUT2D eigenvalue weighted by Gasteiger charge is 2.17. The van der Waals surface area contributed by atoms with Crippen LogP contribution in [0.4, 0.5) is 5.69 Å². The fourth-order valence-electron chi connectivity index (χ4n) is 3.30. The highest BCUT2D eigenvalue weighted by Crippen LogP contribution is 2.15. The Morgan fingerprint density at radius 1 is 1.31 bits per heavy atom. The van der Waals surface area contributed by atoms with E-state index in [4.69, 9.17) is 0 Å². The minimum Gasteiger partial charge on any atom is -0.375 e. The number of anilines is 1. The third kappa shape index (κ3) is 5.08. The van der Waals surface area contributed by atoms with Crippen LogP contribution in [-0.2, 0) is 0 Å². The van der Waals surface area contributed by atoms with Gasteiger partial charge in [0.05, 0.1) is 6.04 Å². The SMILES string of the molecule is CN(CCCCNC(=O)c1ccn(C2CCCNC2)n1)c1ccccc1. The number of para-hydroxylation sites is 1. The van der Waals surface area contributed by atoms with Gasteiger partial charge in [0.25, 0.3) is 5.91 Å². The van der Waals surface area contributed by atoms with Gasteiger partial charge in [-0.3, -0.25) is 9.48 Å². The van der Waals surface area contributed by atoms with Crippen LogP contribution in [0.3, 0.4) is 0 Å². The van der Waals surface area contributed by atoms with Crippen molar-refractivity contribution in [2.45, 2.75) is 31.7 Å². The number of rotatable bonds is 8. The molecule has 1 atom stereocenters. The molecule has 2 aromatic rings. The average Bonchev–Trinajstić information content (AvgIpc) is 3.19. The summed E-state index contributed by atoms with van der Waals surface area (Å²) < 4.78 is 1.93. The maximum atomic E-state index is 12.2. The summed E-state index contributed by atoms with van der Waals surface area (Å²) in [7, 11) is 2.10. The van der Waals surface area contributed by atoms with E-state index in [0.717, 1.165) is 45.3 Å². The third-order valence-corrected chi connectivity index (χ3v) is 4.89. The third-order valence-electron chi connectivity index (χ3n) is 4.89.